The van der Waals surface area contributed by atoms with Gasteiger partial charge in [-0.3, -0.25) is 8.61 Å². The lowest BCUT2D eigenvalue weighted by molar-refractivity contribution is 0.323. The van der Waals surface area contributed by atoms with Crippen molar-refractivity contribution in [1.29, 1.82) is 0 Å². The Balaban J connectivity index is 2.68. The average Bonchev–Trinajstić information content (AvgIpc) is 2.72. The lowest BCUT2D eigenvalue weighted by Gasteiger charge is -2.07. The third-order valence-electron chi connectivity index (χ3n) is 2.33. The first-order chi connectivity index (χ1) is 8.19. The van der Waals surface area contributed by atoms with Crippen LogP contribution in [0.5, 0.6) is 5.88 Å². The highest BCUT2D eigenvalue weighted by atomic mass is 32.2. The van der Waals surface area contributed by atoms with Crippen LogP contribution in [0.15, 0.2) is 11.5 Å². The van der Waals surface area contributed by atoms with Crippen LogP contribution in [0.1, 0.15) is 19.5 Å². The van der Waals surface area contributed by atoms with Gasteiger partial charge < -0.3 is 4.74 Å². The van der Waals surface area contributed by atoms with Gasteiger partial charge in [0, 0.05) is 5.75 Å². The van der Waals surface area contributed by atoms with Crippen molar-refractivity contribution in [3.63, 3.8) is 0 Å². The lowest BCUT2D eigenvalue weighted by atomic mass is 10.4. The first-order valence-electron chi connectivity index (χ1n) is 5.40. The van der Waals surface area contributed by atoms with Crippen LogP contribution in [0.2, 0.25) is 0 Å². The Bertz CT molecular complexity index is 567. The van der Waals surface area contributed by atoms with Crippen LogP contribution in [0.25, 0.3) is 5.52 Å². The summed E-state index contributed by atoms with van der Waals surface area (Å²) in [6.45, 7) is 6.08. The van der Waals surface area contributed by atoms with E-state index in [9.17, 15) is 4.21 Å². The molecule has 2 aromatic rings. The molecule has 0 N–H and O–H groups in total. The molecule has 0 radical (unpaired) electrons. The Morgan fingerprint density at radius 2 is 2.18 bits per heavy atom. The average molecular weight is 254 g/mol. The maximum absolute atomic E-state index is 11.8. The number of fused-ring (bicyclic) bond motifs is 1. The van der Waals surface area contributed by atoms with Crippen molar-refractivity contribution in [3.8, 4) is 5.88 Å². The van der Waals surface area contributed by atoms with E-state index >= 15 is 0 Å². The zero-order valence-corrected chi connectivity index (χ0v) is 10.8. The molecule has 0 amide bonds. The van der Waals surface area contributed by atoms with E-state index in [2.05, 4.69) is 15.2 Å². The van der Waals surface area contributed by atoms with Crippen molar-refractivity contribution in [2.24, 2.45) is 0 Å². The molecule has 0 saturated heterocycles. The number of aryl methyl sites for hydroxylation is 1. The number of imidazole rings is 1. The van der Waals surface area contributed by atoms with E-state index in [0.29, 0.717) is 23.4 Å². The number of nitrogens with zero attached hydrogens (tertiary/aromatic N) is 4. The molecule has 0 aliphatic rings. The van der Waals surface area contributed by atoms with Crippen LogP contribution in [-0.4, -0.2) is 36.2 Å². The van der Waals surface area contributed by atoms with Crippen molar-refractivity contribution in [3.05, 3.63) is 12.0 Å². The van der Waals surface area contributed by atoms with E-state index in [1.54, 1.807) is 10.7 Å². The first-order valence-corrected chi connectivity index (χ1v) is 6.72. The third kappa shape index (κ3) is 2.02. The minimum absolute atomic E-state index is 0.409. The maximum atomic E-state index is 11.8. The molecule has 0 fully saturated rings. The number of rotatable bonds is 4. The molecule has 6 nitrogen and oxygen atoms in total. The molecule has 17 heavy (non-hydrogen) atoms. The van der Waals surface area contributed by atoms with Crippen molar-refractivity contribution < 1.29 is 8.95 Å². The van der Waals surface area contributed by atoms with E-state index in [1.807, 2.05) is 20.8 Å². The molecule has 2 aromatic heterocycles. The number of ether oxygens (including phenoxy) is 1. The molecule has 92 valence electrons. The number of aromatic nitrogens is 4. The summed E-state index contributed by atoms with van der Waals surface area (Å²) in [6, 6.07) is 0. The van der Waals surface area contributed by atoms with Crippen molar-refractivity contribution in [2.45, 2.75) is 25.9 Å². The van der Waals surface area contributed by atoms with Gasteiger partial charge in [-0.1, -0.05) is 6.92 Å². The summed E-state index contributed by atoms with van der Waals surface area (Å²) in [5, 5.41) is 8.34. The Kier molecular flexibility index (Phi) is 3.37. The predicted molar refractivity (Wildman–Crippen MR) is 63.6 cm³/mol. The van der Waals surface area contributed by atoms with Crippen LogP contribution >= 0.6 is 0 Å². The van der Waals surface area contributed by atoms with Gasteiger partial charge in [0.05, 0.1) is 23.1 Å². The Labute approximate surface area is 101 Å². The largest absolute Gasteiger partial charge is 0.475 e. The van der Waals surface area contributed by atoms with E-state index in [4.69, 9.17) is 4.74 Å². The summed E-state index contributed by atoms with van der Waals surface area (Å²) in [5.74, 6) is 0.925. The summed E-state index contributed by atoms with van der Waals surface area (Å²) >= 11 is 0. The highest BCUT2D eigenvalue weighted by Gasteiger charge is 2.16. The van der Waals surface area contributed by atoms with Gasteiger partial charge in [0.25, 0.3) is 5.88 Å². The molecule has 0 spiro atoms. The summed E-state index contributed by atoms with van der Waals surface area (Å²) in [6.07, 6.45) is 1.60. The number of hydrogen-bond donors (Lipinski definition) is 0. The van der Waals surface area contributed by atoms with Gasteiger partial charge in [-0.05, 0) is 13.8 Å². The number of hydrogen-bond acceptors (Lipinski definition) is 5. The zero-order chi connectivity index (χ0) is 12.4. The van der Waals surface area contributed by atoms with E-state index in [-0.39, 0.29) is 0 Å². The SMILES string of the molecule is CCOc1nnc(S(=O)CC)n2cnc(C)c12. The topological polar surface area (TPSA) is 69.4 Å². The Morgan fingerprint density at radius 3 is 2.82 bits per heavy atom. The predicted octanol–water partition coefficient (Wildman–Crippen LogP) is 0.959. The molecular weight excluding hydrogens is 240 g/mol. The van der Waals surface area contributed by atoms with Gasteiger partial charge >= 0.3 is 0 Å². The fraction of sp³-hybridized carbons (Fsp3) is 0.500. The fourth-order valence-corrected chi connectivity index (χ4v) is 2.29. The molecule has 2 heterocycles. The summed E-state index contributed by atoms with van der Waals surface area (Å²) in [5.41, 5.74) is 1.52. The molecule has 0 aliphatic carbocycles. The summed E-state index contributed by atoms with van der Waals surface area (Å²) in [4.78, 5) is 4.18. The molecule has 1 atom stereocenters. The van der Waals surface area contributed by atoms with Gasteiger partial charge in [0.15, 0.2) is 0 Å². The molecule has 0 saturated carbocycles. The van der Waals surface area contributed by atoms with Crippen molar-refractivity contribution in [2.75, 3.05) is 12.4 Å². The van der Waals surface area contributed by atoms with Crippen LogP contribution in [0, 0.1) is 6.92 Å². The highest BCUT2D eigenvalue weighted by Crippen LogP contribution is 2.21. The van der Waals surface area contributed by atoms with Crippen molar-refractivity contribution >= 4 is 16.3 Å². The quantitative estimate of drug-likeness (QED) is 0.812. The molecule has 0 aromatic carbocycles. The van der Waals surface area contributed by atoms with Gasteiger partial charge in [-0.2, -0.15) is 0 Å². The monoisotopic (exact) mass is 254 g/mol. The van der Waals surface area contributed by atoms with Gasteiger partial charge in [-0.25, -0.2) is 4.98 Å². The summed E-state index contributed by atoms with van der Waals surface area (Å²) in [7, 11) is -1.17. The molecule has 0 aliphatic heterocycles. The second kappa shape index (κ2) is 4.79. The smallest absolute Gasteiger partial charge is 0.260 e. The standard InChI is InChI=1S/C10H14N4O2S/c1-4-16-9-8-7(3)11-6-14(8)10(13-12-9)17(15)5-2/h6H,4-5H2,1-3H3. The van der Waals surface area contributed by atoms with E-state index in [0.717, 1.165) is 11.2 Å². The minimum Gasteiger partial charge on any atom is -0.475 e. The Hall–Kier alpha value is -1.50. The van der Waals surface area contributed by atoms with Crippen LogP contribution < -0.4 is 4.74 Å². The maximum Gasteiger partial charge on any atom is 0.260 e. The molecular formula is C10H14N4O2S. The van der Waals surface area contributed by atoms with Crippen molar-refractivity contribution in [1.82, 2.24) is 19.6 Å². The van der Waals surface area contributed by atoms with E-state index in [1.165, 1.54) is 0 Å². The third-order valence-corrected chi connectivity index (χ3v) is 3.54. The fourth-order valence-electron chi connectivity index (χ4n) is 1.54. The Morgan fingerprint density at radius 1 is 1.41 bits per heavy atom. The molecule has 0 bridgehead atoms. The zero-order valence-electron chi connectivity index (χ0n) is 10.0. The second-order valence-electron chi connectivity index (χ2n) is 3.40. The van der Waals surface area contributed by atoms with Gasteiger partial charge in [0.2, 0.25) is 5.16 Å². The minimum atomic E-state index is -1.17. The lowest BCUT2D eigenvalue weighted by Crippen LogP contribution is -2.09. The molecule has 7 heteroatoms. The second-order valence-corrected chi connectivity index (χ2v) is 5.04. The van der Waals surface area contributed by atoms with Crippen LogP contribution in [0.4, 0.5) is 0 Å². The van der Waals surface area contributed by atoms with Crippen LogP contribution in [0.3, 0.4) is 0 Å². The van der Waals surface area contributed by atoms with E-state index < -0.39 is 10.8 Å². The normalized spacial score (nSPS) is 12.9. The van der Waals surface area contributed by atoms with Crippen LogP contribution in [-0.2, 0) is 10.8 Å². The first kappa shape index (κ1) is 12.0. The highest BCUT2D eigenvalue weighted by molar-refractivity contribution is 7.84. The summed E-state index contributed by atoms with van der Waals surface area (Å²) < 4.78 is 18.9. The molecule has 2 rings (SSSR count). The van der Waals surface area contributed by atoms with Gasteiger partial charge in [-0.15, -0.1) is 10.2 Å². The molecule has 1 unspecified atom stereocenters. The van der Waals surface area contributed by atoms with Gasteiger partial charge in [0.1, 0.15) is 11.8 Å².